The van der Waals surface area contributed by atoms with E-state index in [0.717, 1.165) is 122 Å². The topological polar surface area (TPSA) is 105 Å². The summed E-state index contributed by atoms with van der Waals surface area (Å²) in [6.45, 7) is 4.56. The molecule has 0 aromatic rings. The Morgan fingerprint density at radius 3 is 1.23 bits per heavy atom. The average Bonchev–Trinajstić information content (AvgIpc) is 3.36. The lowest BCUT2D eigenvalue weighted by molar-refractivity contribution is -0.870. The zero-order valence-electron chi connectivity index (χ0n) is 47.5. The van der Waals surface area contributed by atoms with E-state index in [1.807, 2.05) is 27.2 Å². The Kier molecular flexibility index (Phi) is 51.1. The Bertz CT molecular complexity index is 1750. The van der Waals surface area contributed by atoms with Gasteiger partial charge in [-0.2, -0.15) is 0 Å². The van der Waals surface area contributed by atoms with Crippen LogP contribution in [0, 0.1) is 0 Å². The predicted octanol–water partition coefficient (Wildman–Crippen LogP) is 17.9. The molecule has 0 fully saturated rings. The number of carbonyl (C=O) groups is 1. The highest BCUT2D eigenvalue weighted by atomic mass is 31.2. The van der Waals surface area contributed by atoms with Crippen LogP contribution in [0.15, 0.2) is 158 Å². The van der Waals surface area contributed by atoms with Crippen molar-refractivity contribution in [1.29, 1.82) is 0 Å². The molecule has 0 aliphatic rings. The van der Waals surface area contributed by atoms with Gasteiger partial charge in [0.1, 0.15) is 13.2 Å². The molecule has 0 saturated heterocycles. The number of quaternary nitrogens is 1. The van der Waals surface area contributed by atoms with Crippen LogP contribution in [0.25, 0.3) is 0 Å². The fraction of sp³-hybridized carbons (Fsp3) is 0.585. The lowest BCUT2D eigenvalue weighted by Gasteiger charge is -2.25. The Morgan fingerprint density at radius 1 is 0.473 bits per heavy atom. The van der Waals surface area contributed by atoms with Crippen LogP contribution in [0.2, 0.25) is 0 Å². The van der Waals surface area contributed by atoms with E-state index in [0.29, 0.717) is 17.4 Å². The second kappa shape index (κ2) is 53.9. The van der Waals surface area contributed by atoms with Crippen LogP contribution in [0.4, 0.5) is 0 Å². The van der Waals surface area contributed by atoms with Gasteiger partial charge in [0.25, 0.3) is 0 Å². The molecule has 0 aromatic heterocycles. The molecule has 74 heavy (non-hydrogen) atoms. The van der Waals surface area contributed by atoms with Gasteiger partial charge < -0.3 is 19.8 Å². The Labute approximate surface area is 454 Å². The second-order valence-electron chi connectivity index (χ2n) is 19.9. The minimum absolute atomic E-state index is 0.0447. The van der Waals surface area contributed by atoms with Crippen LogP contribution >= 0.6 is 7.82 Å². The van der Waals surface area contributed by atoms with Crippen molar-refractivity contribution in [3.05, 3.63) is 158 Å². The second-order valence-corrected chi connectivity index (χ2v) is 21.4. The highest BCUT2D eigenvalue weighted by Crippen LogP contribution is 2.43. The summed E-state index contributed by atoms with van der Waals surface area (Å²) in [5, 5.41) is 13.8. The molecular weight excluding hydrogens is 936 g/mol. The van der Waals surface area contributed by atoms with Gasteiger partial charge in [-0.25, -0.2) is 4.57 Å². The van der Waals surface area contributed by atoms with Crippen LogP contribution in [-0.4, -0.2) is 73.4 Å². The number of phosphoric ester groups is 1. The lowest BCUT2D eigenvalue weighted by atomic mass is 10.0. The summed E-state index contributed by atoms with van der Waals surface area (Å²) in [6, 6.07) is -0.881. The van der Waals surface area contributed by atoms with Crippen molar-refractivity contribution in [1.82, 2.24) is 5.32 Å². The number of nitrogens with one attached hydrogen (secondary N) is 1. The van der Waals surface area contributed by atoms with Gasteiger partial charge in [-0.15, -0.1) is 0 Å². The number of phosphoric acid groups is 1. The van der Waals surface area contributed by atoms with E-state index in [9.17, 15) is 19.4 Å². The molecule has 0 bridgehead atoms. The molecule has 0 radical (unpaired) electrons. The van der Waals surface area contributed by atoms with E-state index in [1.54, 1.807) is 6.08 Å². The number of unbranched alkanes of at least 4 members (excludes halogenated alkanes) is 13. The van der Waals surface area contributed by atoms with Crippen molar-refractivity contribution in [2.24, 2.45) is 0 Å². The molecule has 0 aliphatic carbocycles. The number of hydrogen-bond acceptors (Lipinski definition) is 5. The van der Waals surface area contributed by atoms with Gasteiger partial charge in [-0.1, -0.05) is 230 Å². The smallest absolute Gasteiger partial charge is 0.387 e. The normalized spacial score (nSPS) is 15.1. The van der Waals surface area contributed by atoms with Gasteiger partial charge in [0.05, 0.1) is 39.9 Å². The first-order chi connectivity index (χ1) is 36.0. The monoisotopic (exact) mass is 1040 g/mol. The molecule has 0 saturated carbocycles. The molecule has 3 N–H and O–H groups in total. The number of allylic oxidation sites excluding steroid dienone is 25. The molecule has 9 heteroatoms. The van der Waals surface area contributed by atoms with Crippen LogP contribution in [0.1, 0.15) is 194 Å². The predicted molar refractivity (Wildman–Crippen MR) is 322 cm³/mol. The number of carbonyl (C=O) groups excluding carboxylic acids is 1. The molecule has 1 amide bonds. The van der Waals surface area contributed by atoms with E-state index in [-0.39, 0.29) is 19.1 Å². The molecule has 0 rings (SSSR count). The minimum Gasteiger partial charge on any atom is -0.387 e. The number of rotatable bonds is 50. The van der Waals surface area contributed by atoms with Crippen LogP contribution < -0.4 is 5.32 Å². The van der Waals surface area contributed by atoms with Crippen molar-refractivity contribution in [2.45, 2.75) is 206 Å². The van der Waals surface area contributed by atoms with Gasteiger partial charge in [0.2, 0.25) is 5.91 Å². The van der Waals surface area contributed by atoms with E-state index in [2.05, 4.69) is 165 Å². The van der Waals surface area contributed by atoms with Crippen LogP contribution in [0.5, 0.6) is 0 Å². The van der Waals surface area contributed by atoms with Crippen molar-refractivity contribution in [2.75, 3.05) is 40.9 Å². The maximum atomic E-state index is 12.9. The number of aliphatic hydroxyl groups excluding tert-OH is 1. The van der Waals surface area contributed by atoms with Crippen molar-refractivity contribution < 1.29 is 32.9 Å². The Hall–Kier alpha value is -3.88. The first-order valence-electron chi connectivity index (χ1n) is 28.9. The lowest BCUT2D eigenvalue weighted by Crippen LogP contribution is -2.45. The Morgan fingerprint density at radius 2 is 0.824 bits per heavy atom. The molecule has 3 unspecified atom stereocenters. The first-order valence-corrected chi connectivity index (χ1v) is 30.4. The van der Waals surface area contributed by atoms with Gasteiger partial charge in [-0.3, -0.25) is 13.8 Å². The molecule has 0 aromatic carbocycles. The molecule has 0 spiro atoms. The molecule has 418 valence electrons. The van der Waals surface area contributed by atoms with Crippen molar-refractivity contribution in [3.63, 3.8) is 0 Å². The third kappa shape index (κ3) is 55.9. The molecular formula is C65H108N2O6P+. The molecule has 0 heterocycles. The SMILES string of the molecule is CC/C=C\C/C=C\C/C=C\C/C=C\C/C=C\C/C=C\C/C=C\C/C=C\C/C=C\C/C=C\CCCCCCCCCCCCC(=O)NC(COP(=O)(O)OCC[N+](C)(C)C)C(O)/C=C/CC/C=C/CC/C=C/CCC. The number of amides is 1. The highest BCUT2D eigenvalue weighted by molar-refractivity contribution is 7.47. The minimum atomic E-state index is -4.36. The summed E-state index contributed by atoms with van der Waals surface area (Å²) in [7, 11) is 1.52. The van der Waals surface area contributed by atoms with E-state index in [4.69, 9.17) is 9.05 Å². The summed E-state index contributed by atoms with van der Waals surface area (Å²) in [5.41, 5.74) is 0. The summed E-state index contributed by atoms with van der Waals surface area (Å²) >= 11 is 0. The number of hydrogen-bond donors (Lipinski definition) is 3. The zero-order chi connectivity index (χ0) is 54.2. The molecule has 8 nitrogen and oxygen atoms in total. The van der Waals surface area contributed by atoms with Crippen molar-refractivity contribution in [3.8, 4) is 0 Å². The molecule has 3 atom stereocenters. The fourth-order valence-corrected chi connectivity index (χ4v) is 7.96. The third-order valence-corrected chi connectivity index (χ3v) is 12.7. The summed E-state index contributed by atoms with van der Waals surface area (Å²) in [6.07, 6.45) is 85.1. The maximum Gasteiger partial charge on any atom is 0.472 e. The molecule has 0 aliphatic heterocycles. The zero-order valence-corrected chi connectivity index (χ0v) is 48.4. The summed E-state index contributed by atoms with van der Waals surface area (Å²) < 4.78 is 23.6. The largest absolute Gasteiger partial charge is 0.472 e. The van der Waals surface area contributed by atoms with Crippen molar-refractivity contribution >= 4 is 13.7 Å². The van der Waals surface area contributed by atoms with E-state index >= 15 is 0 Å². The third-order valence-electron chi connectivity index (χ3n) is 11.7. The standard InChI is InChI=1S/C65H107N2O6P/c1-6-8-10-12-14-16-18-19-20-21-22-23-24-25-26-27-28-29-30-31-32-33-34-35-36-37-38-39-40-41-42-43-44-45-46-47-49-51-53-55-57-59-65(69)66-63(62-73-74(70,71)72-61-60-67(3,4)5)64(68)58-56-54-52-50-48-17-15-13-11-9-7-2/h8,10-11,13-14,16,19-20,22-23,25-26,28-29,31-32,34-35,37-38,40-41,48,50,56,58,63-64,68H,6-7,9,12,15,17-18,21,24,27,30,33,36,39,42-47,49,51-55,57,59-62H2,1-5H3,(H-,66,69,70,71)/p+1/b10-8-,13-11+,16-14-,20-19-,23-22-,26-25-,29-28-,32-31-,35-34-,38-37-,41-40-,50-48+,58-56+. The average molecular weight is 1040 g/mol. The van der Waals surface area contributed by atoms with Gasteiger partial charge in [0.15, 0.2) is 0 Å². The van der Waals surface area contributed by atoms with Gasteiger partial charge >= 0.3 is 7.82 Å². The van der Waals surface area contributed by atoms with Crippen LogP contribution in [0.3, 0.4) is 0 Å². The van der Waals surface area contributed by atoms with E-state index < -0.39 is 20.0 Å². The number of aliphatic hydroxyl groups is 1. The van der Waals surface area contributed by atoms with Gasteiger partial charge in [0, 0.05) is 6.42 Å². The first kappa shape index (κ1) is 70.1. The Balaban J connectivity index is 4.08. The summed E-state index contributed by atoms with van der Waals surface area (Å²) in [4.78, 5) is 23.2. The number of nitrogens with zero attached hydrogens (tertiary/aromatic N) is 1. The summed E-state index contributed by atoms with van der Waals surface area (Å²) in [5.74, 6) is -0.205. The number of likely N-dealkylation sites (N-methyl/N-ethyl adjacent to an activating group) is 1. The fourth-order valence-electron chi connectivity index (χ4n) is 7.22. The highest BCUT2D eigenvalue weighted by Gasteiger charge is 2.27. The van der Waals surface area contributed by atoms with Crippen LogP contribution in [-0.2, 0) is 18.4 Å². The van der Waals surface area contributed by atoms with E-state index in [1.165, 1.54) is 51.4 Å². The van der Waals surface area contributed by atoms with Gasteiger partial charge in [-0.05, 0) is 116 Å². The maximum absolute atomic E-state index is 12.9. The quantitative estimate of drug-likeness (QED) is 0.0243.